The number of carboxylic acids is 1. The minimum atomic E-state index is -0.897. The molecule has 28 heavy (non-hydrogen) atoms. The van der Waals surface area contributed by atoms with E-state index in [1.54, 1.807) is 24.6 Å². The number of nitrogens with zero attached hydrogens (tertiary/aromatic N) is 2. The number of carboxylic acid groups (broad SMARTS) is 1. The molecule has 1 unspecified atom stereocenters. The predicted octanol–water partition coefficient (Wildman–Crippen LogP) is 4.61. The van der Waals surface area contributed by atoms with Gasteiger partial charge in [-0.15, -0.1) is 0 Å². The van der Waals surface area contributed by atoms with Gasteiger partial charge in [0.1, 0.15) is 0 Å². The number of nitro groups is 1. The molecule has 0 aliphatic rings. The van der Waals surface area contributed by atoms with Crippen LogP contribution in [0.4, 0.5) is 5.69 Å². The fraction of sp³-hybridized carbons (Fsp3) is 0.429. The molecule has 1 aromatic heterocycles. The SMILES string of the molecule is CCCCCCC(C(=O)O)c1cc(C)c(C(=O)c2ccc([N+](=O)[O-])cc2)n1C. The summed E-state index contributed by atoms with van der Waals surface area (Å²) >= 11 is 0. The van der Waals surface area contributed by atoms with Crippen molar-refractivity contribution in [1.29, 1.82) is 0 Å². The summed E-state index contributed by atoms with van der Waals surface area (Å²) in [5, 5.41) is 20.5. The van der Waals surface area contributed by atoms with Gasteiger partial charge in [-0.1, -0.05) is 32.6 Å². The molecule has 1 heterocycles. The summed E-state index contributed by atoms with van der Waals surface area (Å²) in [7, 11) is 1.70. The molecule has 0 aliphatic heterocycles. The second-order valence-corrected chi connectivity index (χ2v) is 7.03. The highest BCUT2D eigenvalue weighted by Gasteiger charge is 2.27. The molecule has 1 atom stereocenters. The topological polar surface area (TPSA) is 102 Å². The van der Waals surface area contributed by atoms with E-state index in [2.05, 4.69) is 6.92 Å². The van der Waals surface area contributed by atoms with Crippen molar-refractivity contribution >= 4 is 17.4 Å². The summed E-state index contributed by atoms with van der Waals surface area (Å²) in [4.78, 5) is 35.0. The van der Waals surface area contributed by atoms with E-state index < -0.39 is 16.8 Å². The van der Waals surface area contributed by atoms with Gasteiger partial charge in [-0.2, -0.15) is 0 Å². The lowest BCUT2D eigenvalue weighted by Crippen LogP contribution is -2.17. The Kier molecular flexibility index (Phi) is 7.09. The van der Waals surface area contributed by atoms with Crippen LogP contribution in [0.15, 0.2) is 30.3 Å². The van der Waals surface area contributed by atoms with Crippen LogP contribution in [0.2, 0.25) is 0 Å². The summed E-state index contributed by atoms with van der Waals surface area (Å²) in [6.45, 7) is 3.88. The maximum atomic E-state index is 12.9. The third-order valence-corrected chi connectivity index (χ3v) is 5.02. The van der Waals surface area contributed by atoms with Gasteiger partial charge in [-0.3, -0.25) is 19.7 Å². The van der Waals surface area contributed by atoms with Gasteiger partial charge in [0.05, 0.1) is 16.5 Å². The molecule has 1 aromatic carbocycles. The quantitative estimate of drug-likeness (QED) is 0.278. The van der Waals surface area contributed by atoms with Crippen LogP contribution >= 0.6 is 0 Å². The zero-order valence-corrected chi connectivity index (χ0v) is 16.5. The zero-order chi connectivity index (χ0) is 20.8. The highest BCUT2D eigenvalue weighted by atomic mass is 16.6. The number of carbonyl (C=O) groups is 2. The first kappa shape index (κ1) is 21.3. The monoisotopic (exact) mass is 386 g/mol. The number of rotatable bonds is 10. The Morgan fingerprint density at radius 1 is 1.18 bits per heavy atom. The van der Waals surface area contributed by atoms with Crippen molar-refractivity contribution in [3.8, 4) is 0 Å². The summed E-state index contributed by atoms with van der Waals surface area (Å²) in [6.07, 6.45) is 4.48. The van der Waals surface area contributed by atoms with Crippen LogP contribution < -0.4 is 0 Å². The number of aryl methyl sites for hydroxylation is 1. The Labute approximate surface area is 164 Å². The maximum Gasteiger partial charge on any atom is 0.312 e. The molecular formula is C21H26N2O5. The van der Waals surface area contributed by atoms with E-state index >= 15 is 0 Å². The second-order valence-electron chi connectivity index (χ2n) is 7.03. The van der Waals surface area contributed by atoms with Crippen molar-refractivity contribution < 1.29 is 19.6 Å². The zero-order valence-electron chi connectivity index (χ0n) is 16.5. The van der Waals surface area contributed by atoms with Crippen LogP contribution in [0.5, 0.6) is 0 Å². The number of hydrogen-bond acceptors (Lipinski definition) is 4. The minimum Gasteiger partial charge on any atom is -0.481 e. The van der Waals surface area contributed by atoms with Gasteiger partial charge in [0.15, 0.2) is 0 Å². The number of unbranched alkanes of at least 4 members (excludes halogenated alkanes) is 3. The highest BCUT2D eigenvalue weighted by Crippen LogP contribution is 2.28. The van der Waals surface area contributed by atoms with Crippen LogP contribution in [0.25, 0.3) is 0 Å². The van der Waals surface area contributed by atoms with Gasteiger partial charge in [-0.25, -0.2) is 0 Å². The number of non-ortho nitro benzene ring substituents is 1. The van der Waals surface area contributed by atoms with Crippen LogP contribution in [0.3, 0.4) is 0 Å². The normalized spacial score (nSPS) is 12.0. The van der Waals surface area contributed by atoms with Crippen molar-refractivity contribution in [1.82, 2.24) is 4.57 Å². The fourth-order valence-electron chi connectivity index (χ4n) is 3.49. The van der Waals surface area contributed by atoms with Crippen molar-refractivity contribution in [2.75, 3.05) is 0 Å². The predicted molar refractivity (Wildman–Crippen MR) is 106 cm³/mol. The second kappa shape index (κ2) is 9.30. The van der Waals surface area contributed by atoms with E-state index in [0.29, 0.717) is 28.9 Å². The van der Waals surface area contributed by atoms with Crippen molar-refractivity contribution in [3.05, 3.63) is 63.0 Å². The molecule has 0 amide bonds. The van der Waals surface area contributed by atoms with Crippen LogP contribution in [-0.4, -0.2) is 26.3 Å². The number of aliphatic carboxylic acids is 1. The number of ketones is 1. The fourth-order valence-corrected chi connectivity index (χ4v) is 3.49. The Bertz CT molecular complexity index is 868. The van der Waals surface area contributed by atoms with Crippen LogP contribution in [-0.2, 0) is 11.8 Å². The van der Waals surface area contributed by atoms with E-state index in [0.717, 1.165) is 25.7 Å². The van der Waals surface area contributed by atoms with Gasteiger partial charge in [0.25, 0.3) is 5.69 Å². The average molecular weight is 386 g/mol. The molecule has 0 aliphatic carbocycles. The van der Waals surface area contributed by atoms with Crippen molar-refractivity contribution in [2.24, 2.45) is 7.05 Å². The molecule has 7 heteroatoms. The molecular weight excluding hydrogens is 360 g/mol. The Balaban J connectivity index is 2.31. The molecule has 0 saturated carbocycles. The maximum absolute atomic E-state index is 12.9. The van der Waals surface area contributed by atoms with E-state index in [-0.39, 0.29) is 11.5 Å². The number of benzene rings is 1. The molecule has 0 bridgehead atoms. The molecule has 0 radical (unpaired) electrons. The largest absolute Gasteiger partial charge is 0.481 e. The third-order valence-electron chi connectivity index (χ3n) is 5.02. The van der Waals surface area contributed by atoms with E-state index in [9.17, 15) is 24.8 Å². The molecule has 2 aromatic rings. The Morgan fingerprint density at radius 3 is 2.36 bits per heavy atom. The Hall–Kier alpha value is -2.96. The molecule has 150 valence electrons. The summed E-state index contributed by atoms with van der Waals surface area (Å²) in [5.74, 6) is -1.85. The first-order valence-corrected chi connectivity index (χ1v) is 9.46. The van der Waals surface area contributed by atoms with E-state index in [1.807, 2.05) is 0 Å². The molecule has 2 rings (SSSR count). The number of nitro benzene ring substituents is 1. The van der Waals surface area contributed by atoms with E-state index in [1.165, 1.54) is 24.3 Å². The lowest BCUT2D eigenvalue weighted by Gasteiger charge is -2.15. The molecule has 0 fully saturated rings. The van der Waals surface area contributed by atoms with Gasteiger partial charge < -0.3 is 9.67 Å². The first-order valence-electron chi connectivity index (χ1n) is 9.46. The average Bonchev–Trinajstić information content (AvgIpc) is 2.95. The Morgan fingerprint density at radius 2 is 1.82 bits per heavy atom. The summed E-state index contributed by atoms with van der Waals surface area (Å²) in [6, 6.07) is 7.19. The first-order chi connectivity index (χ1) is 13.3. The number of hydrogen-bond donors (Lipinski definition) is 1. The van der Waals surface area contributed by atoms with Crippen molar-refractivity contribution in [3.63, 3.8) is 0 Å². The highest BCUT2D eigenvalue weighted by molar-refractivity contribution is 6.09. The van der Waals surface area contributed by atoms with Gasteiger partial charge in [-0.05, 0) is 37.1 Å². The molecule has 0 spiro atoms. The van der Waals surface area contributed by atoms with Crippen LogP contribution in [0.1, 0.15) is 72.3 Å². The van der Waals surface area contributed by atoms with Crippen molar-refractivity contribution in [2.45, 2.75) is 51.9 Å². The van der Waals surface area contributed by atoms with Gasteiger partial charge in [0.2, 0.25) is 5.78 Å². The molecule has 1 N–H and O–H groups in total. The van der Waals surface area contributed by atoms with E-state index in [4.69, 9.17) is 0 Å². The third kappa shape index (κ3) is 4.65. The minimum absolute atomic E-state index is 0.0844. The lowest BCUT2D eigenvalue weighted by atomic mass is 9.97. The lowest BCUT2D eigenvalue weighted by molar-refractivity contribution is -0.384. The number of aromatic nitrogens is 1. The molecule has 7 nitrogen and oxygen atoms in total. The van der Waals surface area contributed by atoms with Gasteiger partial charge in [0, 0.05) is 30.4 Å². The summed E-state index contributed by atoms with van der Waals surface area (Å²) in [5.41, 5.74) is 1.95. The smallest absolute Gasteiger partial charge is 0.312 e. The molecule has 0 saturated heterocycles. The standard InChI is InChI=1S/C21H26N2O5/c1-4-5-6-7-8-17(21(25)26)18-13-14(2)19(22(18)3)20(24)15-9-11-16(12-10-15)23(27)28/h9-13,17H,4-8H2,1-3H3,(H,25,26). The van der Waals surface area contributed by atoms with Crippen LogP contribution in [0, 0.1) is 17.0 Å². The summed E-state index contributed by atoms with van der Waals surface area (Å²) < 4.78 is 1.65. The number of carbonyl (C=O) groups excluding carboxylic acids is 1. The van der Waals surface area contributed by atoms with Gasteiger partial charge >= 0.3 is 5.97 Å².